The van der Waals surface area contributed by atoms with E-state index in [2.05, 4.69) is 5.10 Å². The zero-order valence-corrected chi connectivity index (χ0v) is 13.4. The first-order chi connectivity index (χ1) is 12.2. The van der Waals surface area contributed by atoms with Gasteiger partial charge in [-0.2, -0.15) is 9.67 Å². The van der Waals surface area contributed by atoms with Crippen molar-refractivity contribution in [2.75, 3.05) is 4.90 Å². The predicted molar refractivity (Wildman–Crippen MR) is 95.4 cm³/mol. The number of hydrogen-bond acceptors (Lipinski definition) is 3. The molecule has 0 aliphatic carbocycles. The molecular weight excluding hydrogens is 316 g/mol. The molecule has 0 bridgehead atoms. The minimum absolute atomic E-state index is 0.299. The highest BCUT2D eigenvalue weighted by Crippen LogP contribution is 2.21. The Balaban J connectivity index is 1.54. The van der Waals surface area contributed by atoms with Crippen LogP contribution in [-0.2, 0) is 13.1 Å². The lowest BCUT2D eigenvalue weighted by Crippen LogP contribution is -2.34. The van der Waals surface area contributed by atoms with Crippen LogP contribution < -0.4 is 10.6 Å². The van der Waals surface area contributed by atoms with E-state index >= 15 is 0 Å². The SMILES string of the molecule is O=C1N(c2ccccc2)Cc2nn(CC=Cc3ccccc3)c(=O)n21. The van der Waals surface area contributed by atoms with Gasteiger partial charge in [-0.15, -0.1) is 0 Å². The van der Waals surface area contributed by atoms with Crippen molar-refractivity contribution in [3.63, 3.8) is 0 Å². The molecule has 3 aromatic rings. The molecule has 0 unspecified atom stereocenters. The van der Waals surface area contributed by atoms with Crippen LogP contribution in [0, 0.1) is 0 Å². The first-order valence-corrected chi connectivity index (χ1v) is 8.01. The van der Waals surface area contributed by atoms with E-state index in [4.69, 9.17) is 0 Å². The number of aromatic nitrogens is 3. The smallest absolute Gasteiger partial charge is 0.286 e. The van der Waals surface area contributed by atoms with Crippen LogP contribution in [0.15, 0.2) is 71.5 Å². The van der Waals surface area contributed by atoms with Crippen LogP contribution in [0.1, 0.15) is 11.4 Å². The number of rotatable bonds is 4. The molecule has 0 fully saturated rings. The number of carbonyl (C=O) groups is 1. The Kier molecular flexibility index (Phi) is 3.78. The average Bonchev–Trinajstić information content (AvgIpc) is 3.14. The van der Waals surface area contributed by atoms with E-state index in [0.29, 0.717) is 18.9 Å². The summed E-state index contributed by atoms with van der Waals surface area (Å²) < 4.78 is 2.46. The summed E-state index contributed by atoms with van der Waals surface area (Å²) in [6, 6.07) is 18.7. The first kappa shape index (κ1) is 15.1. The van der Waals surface area contributed by atoms with Gasteiger partial charge in [0.15, 0.2) is 5.82 Å². The summed E-state index contributed by atoms with van der Waals surface area (Å²) in [5.74, 6) is 0.465. The molecular formula is C19H16N4O2. The van der Waals surface area contributed by atoms with Crippen LogP contribution in [0.4, 0.5) is 10.5 Å². The van der Waals surface area contributed by atoms with E-state index in [9.17, 15) is 9.59 Å². The minimum Gasteiger partial charge on any atom is -0.286 e. The quantitative estimate of drug-likeness (QED) is 0.738. The Morgan fingerprint density at radius 2 is 1.64 bits per heavy atom. The fourth-order valence-electron chi connectivity index (χ4n) is 2.86. The minimum atomic E-state index is -0.406. The van der Waals surface area contributed by atoms with Gasteiger partial charge in [0, 0.05) is 5.69 Å². The van der Waals surface area contributed by atoms with E-state index < -0.39 is 5.69 Å². The summed E-state index contributed by atoms with van der Waals surface area (Å²) in [5, 5.41) is 4.30. The van der Waals surface area contributed by atoms with Crippen molar-refractivity contribution in [1.29, 1.82) is 0 Å². The summed E-state index contributed by atoms with van der Waals surface area (Å²) in [6.45, 7) is 0.625. The number of carbonyl (C=O) groups excluding carboxylic acids is 1. The highest BCUT2D eigenvalue weighted by atomic mass is 16.2. The molecule has 124 valence electrons. The van der Waals surface area contributed by atoms with Gasteiger partial charge in [0.1, 0.15) is 0 Å². The second-order valence-electron chi connectivity index (χ2n) is 5.73. The number of nitrogens with zero attached hydrogens (tertiary/aromatic N) is 4. The summed E-state index contributed by atoms with van der Waals surface area (Å²) in [5.41, 5.74) is 1.40. The van der Waals surface area contributed by atoms with Crippen LogP contribution in [0.25, 0.3) is 6.08 Å². The Morgan fingerprint density at radius 3 is 2.32 bits per heavy atom. The van der Waals surface area contributed by atoms with Gasteiger partial charge in [-0.3, -0.25) is 4.90 Å². The number of fused-ring (bicyclic) bond motifs is 1. The Morgan fingerprint density at radius 1 is 0.960 bits per heavy atom. The molecule has 2 heterocycles. The molecule has 25 heavy (non-hydrogen) atoms. The maximum Gasteiger partial charge on any atom is 0.354 e. The predicted octanol–water partition coefficient (Wildman–Crippen LogP) is 2.75. The molecule has 1 amide bonds. The fourth-order valence-corrected chi connectivity index (χ4v) is 2.86. The lowest BCUT2D eigenvalue weighted by atomic mass is 10.2. The van der Waals surface area contributed by atoms with Gasteiger partial charge in [0.25, 0.3) is 0 Å². The van der Waals surface area contributed by atoms with Crippen LogP contribution in [-0.4, -0.2) is 20.4 Å². The summed E-state index contributed by atoms with van der Waals surface area (Å²) in [4.78, 5) is 26.6. The van der Waals surface area contributed by atoms with Gasteiger partial charge in [0.05, 0.1) is 13.1 Å². The van der Waals surface area contributed by atoms with Crippen molar-refractivity contribution < 1.29 is 4.79 Å². The molecule has 2 aromatic carbocycles. The summed E-state index contributed by atoms with van der Waals surface area (Å²) >= 11 is 0. The van der Waals surface area contributed by atoms with E-state index in [1.165, 1.54) is 4.68 Å². The largest absolute Gasteiger partial charge is 0.354 e. The molecule has 0 atom stereocenters. The fraction of sp³-hybridized carbons (Fsp3) is 0.105. The molecule has 0 N–H and O–H groups in total. The highest BCUT2D eigenvalue weighted by Gasteiger charge is 2.33. The highest BCUT2D eigenvalue weighted by molar-refractivity contribution is 5.95. The number of hydrogen-bond donors (Lipinski definition) is 0. The molecule has 6 heteroatoms. The maximum absolute atomic E-state index is 12.5. The van der Waals surface area contributed by atoms with E-state index in [0.717, 1.165) is 15.8 Å². The Bertz CT molecular complexity index is 987. The number of allylic oxidation sites excluding steroid dienone is 1. The number of anilines is 1. The molecule has 1 aliphatic rings. The van der Waals surface area contributed by atoms with Gasteiger partial charge in [-0.05, 0) is 17.7 Å². The third-order valence-corrected chi connectivity index (χ3v) is 4.08. The van der Waals surface area contributed by atoms with E-state index in [1.807, 2.05) is 72.8 Å². The van der Waals surface area contributed by atoms with Crippen molar-refractivity contribution in [2.45, 2.75) is 13.1 Å². The van der Waals surface area contributed by atoms with Crippen LogP contribution in [0.5, 0.6) is 0 Å². The second-order valence-corrected chi connectivity index (χ2v) is 5.73. The molecule has 1 aromatic heterocycles. The van der Waals surface area contributed by atoms with Crippen molar-refractivity contribution in [1.82, 2.24) is 14.3 Å². The molecule has 6 nitrogen and oxygen atoms in total. The Hall–Kier alpha value is -3.41. The first-order valence-electron chi connectivity index (χ1n) is 8.01. The Labute approximate surface area is 144 Å². The lowest BCUT2D eigenvalue weighted by molar-refractivity contribution is 0.250. The van der Waals surface area contributed by atoms with E-state index in [1.54, 1.807) is 4.90 Å². The summed E-state index contributed by atoms with van der Waals surface area (Å²) in [6.07, 6.45) is 3.79. The van der Waals surface area contributed by atoms with Gasteiger partial charge < -0.3 is 0 Å². The summed E-state index contributed by atoms with van der Waals surface area (Å²) in [7, 11) is 0. The van der Waals surface area contributed by atoms with Crippen LogP contribution >= 0.6 is 0 Å². The normalized spacial score (nSPS) is 13.6. The van der Waals surface area contributed by atoms with Gasteiger partial charge in [-0.1, -0.05) is 60.7 Å². The number of amides is 1. The molecule has 0 spiro atoms. The maximum atomic E-state index is 12.5. The lowest BCUT2D eigenvalue weighted by Gasteiger charge is -2.14. The van der Waals surface area contributed by atoms with Crippen LogP contribution in [0.2, 0.25) is 0 Å². The average molecular weight is 332 g/mol. The monoisotopic (exact) mass is 332 g/mol. The molecule has 4 rings (SSSR count). The topological polar surface area (TPSA) is 60.1 Å². The third-order valence-electron chi connectivity index (χ3n) is 4.08. The van der Waals surface area contributed by atoms with Gasteiger partial charge in [0.2, 0.25) is 0 Å². The molecule has 0 saturated heterocycles. The number of benzene rings is 2. The van der Waals surface area contributed by atoms with Gasteiger partial charge >= 0.3 is 11.7 Å². The standard InChI is InChI=1S/C19H16N4O2/c24-18-21(16-11-5-2-6-12-16)14-17-20-22(19(25)23(17)18)13-7-10-15-8-3-1-4-9-15/h1-12H,13-14H2. The van der Waals surface area contributed by atoms with Crippen LogP contribution in [0.3, 0.4) is 0 Å². The van der Waals surface area contributed by atoms with Crippen molar-refractivity contribution in [3.8, 4) is 0 Å². The van der Waals surface area contributed by atoms with Crippen molar-refractivity contribution in [3.05, 3.63) is 88.6 Å². The third kappa shape index (κ3) is 2.78. The second kappa shape index (κ2) is 6.24. The van der Waals surface area contributed by atoms with Crippen molar-refractivity contribution in [2.24, 2.45) is 0 Å². The zero-order chi connectivity index (χ0) is 17.2. The zero-order valence-electron chi connectivity index (χ0n) is 13.4. The van der Waals surface area contributed by atoms with Crippen molar-refractivity contribution >= 4 is 17.8 Å². The molecule has 0 saturated carbocycles. The van der Waals surface area contributed by atoms with E-state index in [-0.39, 0.29) is 6.03 Å². The molecule has 0 radical (unpaired) electrons. The van der Waals surface area contributed by atoms with Gasteiger partial charge in [-0.25, -0.2) is 14.3 Å². The number of para-hydroxylation sites is 1. The molecule has 1 aliphatic heterocycles.